The van der Waals surface area contributed by atoms with Crippen molar-refractivity contribution in [3.05, 3.63) is 119 Å². The number of methoxy groups -OCH3 is 1. The van der Waals surface area contributed by atoms with E-state index in [1.807, 2.05) is 50.2 Å². The highest BCUT2D eigenvalue weighted by atomic mass is 32.2. The molecule has 45 heavy (non-hydrogen) atoms. The maximum absolute atomic E-state index is 13.8. The van der Waals surface area contributed by atoms with E-state index in [9.17, 15) is 13.2 Å². The molecule has 13 heteroatoms. The number of aromatic nitrogens is 5. The van der Waals surface area contributed by atoms with Crippen LogP contribution in [-0.2, 0) is 10.0 Å². The van der Waals surface area contributed by atoms with Gasteiger partial charge in [0, 0.05) is 11.9 Å². The Hall–Kier alpha value is -5.69. The molecule has 3 aromatic heterocycles. The van der Waals surface area contributed by atoms with Crippen molar-refractivity contribution in [2.75, 3.05) is 22.9 Å². The Morgan fingerprint density at radius 3 is 2.44 bits per heavy atom. The first-order chi connectivity index (χ1) is 21.7. The lowest BCUT2D eigenvalue weighted by Gasteiger charge is -2.21. The minimum absolute atomic E-state index is 0.0826. The van der Waals surface area contributed by atoms with Gasteiger partial charge in [0.25, 0.3) is 15.6 Å². The predicted molar refractivity (Wildman–Crippen MR) is 173 cm³/mol. The molecule has 0 fully saturated rings. The number of nitrogens with one attached hydrogen (secondary N) is 2. The van der Waals surface area contributed by atoms with Crippen LogP contribution in [0.1, 0.15) is 24.4 Å². The molecular formula is C32H30N8O4S. The van der Waals surface area contributed by atoms with Gasteiger partial charge in [-0.2, -0.15) is 5.10 Å². The number of hydrogen-bond acceptors (Lipinski definition) is 9. The quantitative estimate of drug-likeness (QED) is 0.206. The number of hydrogen-bond donors (Lipinski definition) is 3. The number of para-hydroxylation sites is 1. The van der Waals surface area contributed by atoms with Gasteiger partial charge in [-0.15, -0.1) is 0 Å². The zero-order valence-corrected chi connectivity index (χ0v) is 25.5. The Labute approximate surface area is 259 Å². The van der Waals surface area contributed by atoms with Crippen molar-refractivity contribution >= 4 is 32.9 Å². The number of ether oxygens (including phenoxy) is 1. The first-order valence-corrected chi connectivity index (χ1v) is 15.4. The van der Waals surface area contributed by atoms with Gasteiger partial charge in [-0.3, -0.25) is 14.1 Å². The summed E-state index contributed by atoms with van der Waals surface area (Å²) in [7, 11) is -2.38. The van der Waals surface area contributed by atoms with Gasteiger partial charge < -0.3 is 15.8 Å². The minimum atomic E-state index is -3.89. The lowest BCUT2D eigenvalue weighted by Crippen LogP contribution is -2.29. The summed E-state index contributed by atoms with van der Waals surface area (Å²) in [6.45, 7) is 3.74. The molecule has 0 aliphatic heterocycles. The van der Waals surface area contributed by atoms with Gasteiger partial charge in [0.05, 0.1) is 29.3 Å². The summed E-state index contributed by atoms with van der Waals surface area (Å²) < 4.78 is 37.1. The molecule has 1 unspecified atom stereocenters. The fraction of sp³-hybridized carbons (Fsp3) is 0.125. The molecule has 6 aromatic rings. The molecule has 228 valence electrons. The summed E-state index contributed by atoms with van der Waals surface area (Å²) in [6.07, 6.45) is 3.09. The van der Waals surface area contributed by atoms with E-state index < -0.39 is 16.1 Å². The van der Waals surface area contributed by atoms with E-state index in [0.29, 0.717) is 45.4 Å². The molecule has 0 radical (unpaired) electrons. The molecule has 0 aliphatic carbocycles. The van der Waals surface area contributed by atoms with Crippen LogP contribution in [0.4, 0.5) is 17.3 Å². The first-order valence-electron chi connectivity index (χ1n) is 14.0. The van der Waals surface area contributed by atoms with E-state index in [0.717, 1.165) is 5.56 Å². The first kappa shape index (κ1) is 29.4. The largest absolute Gasteiger partial charge is 0.497 e. The highest BCUT2D eigenvalue weighted by Crippen LogP contribution is 2.34. The molecule has 0 aliphatic rings. The molecule has 0 amide bonds. The van der Waals surface area contributed by atoms with Crippen molar-refractivity contribution in [3.63, 3.8) is 0 Å². The molecule has 4 N–H and O–H groups in total. The maximum Gasteiger partial charge on any atom is 0.282 e. The van der Waals surface area contributed by atoms with Crippen LogP contribution < -0.4 is 26.1 Å². The van der Waals surface area contributed by atoms with Gasteiger partial charge in [0.15, 0.2) is 5.82 Å². The Morgan fingerprint density at radius 2 is 1.71 bits per heavy atom. The van der Waals surface area contributed by atoms with Crippen LogP contribution >= 0.6 is 0 Å². The van der Waals surface area contributed by atoms with Crippen LogP contribution in [0, 0.1) is 6.92 Å². The summed E-state index contributed by atoms with van der Waals surface area (Å²) in [6, 6.07) is 23.5. The minimum Gasteiger partial charge on any atom is -0.497 e. The highest BCUT2D eigenvalue weighted by molar-refractivity contribution is 7.92. The SMILES string of the molecule is COc1ccc(S(=O)(=O)Nc2cccc(-c3c(N)ncnc3NC(C)c3nn4ccc(C)c4c(=O)n3-c3ccccc3)c2)cc1. The number of nitrogens with two attached hydrogens (primary N) is 1. The smallest absolute Gasteiger partial charge is 0.282 e. The third kappa shape index (κ3) is 5.68. The molecule has 0 bridgehead atoms. The third-order valence-electron chi connectivity index (χ3n) is 7.32. The monoisotopic (exact) mass is 622 g/mol. The van der Waals surface area contributed by atoms with Crippen molar-refractivity contribution in [2.24, 2.45) is 0 Å². The summed E-state index contributed by atoms with van der Waals surface area (Å²) >= 11 is 0. The molecule has 0 saturated carbocycles. The average Bonchev–Trinajstić information content (AvgIpc) is 3.42. The molecule has 6 rings (SSSR count). The normalized spacial score (nSPS) is 12.2. The number of fused-ring (bicyclic) bond motifs is 1. The number of aryl methyl sites for hydroxylation is 1. The average molecular weight is 623 g/mol. The zero-order valence-electron chi connectivity index (χ0n) is 24.7. The Kier molecular flexibility index (Phi) is 7.69. The van der Waals surface area contributed by atoms with Gasteiger partial charge >= 0.3 is 0 Å². The third-order valence-corrected chi connectivity index (χ3v) is 8.72. The second-order valence-electron chi connectivity index (χ2n) is 10.3. The number of rotatable bonds is 9. The van der Waals surface area contributed by atoms with Crippen molar-refractivity contribution in [3.8, 4) is 22.6 Å². The van der Waals surface area contributed by atoms with Crippen LogP contribution in [-0.4, -0.2) is 39.7 Å². The van der Waals surface area contributed by atoms with Crippen LogP contribution in [0.3, 0.4) is 0 Å². The van der Waals surface area contributed by atoms with E-state index >= 15 is 0 Å². The molecule has 3 heterocycles. The molecule has 3 aromatic carbocycles. The fourth-order valence-electron chi connectivity index (χ4n) is 5.11. The molecule has 0 saturated heterocycles. The summed E-state index contributed by atoms with van der Waals surface area (Å²) in [4.78, 5) is 22.5. The molecule has 0 spiro atoms. The van der Waals surface area contributed by atoms with E-state index in [1.54, 1.807) is 51.7 Å². The number of benzene rings is 3. The lowest BCUT2D eigenvalue weighted by atomic mass is 10.1. The number of anilines is 3. The van der Waals surface area contributed by atoms with E-state index in [1.165, 1.54) is 25.6 Å². The van der Waals surface area contributed by atoms with Gasteiger partial charge in [-0.25, -0.2) is 22.9 Å². The Bertz CT molecular complexity index is 2180. The standard InChI is InChI=1S/C32H30N8O4S/c1-20-16-17-39-28(20)32(41)40(24-10-5-4-6-11-24)31(37-39)21(2)36-30-27(29(33)34-19-35-30)22-8-7-9-23(18-22)38-45(42,43)26-14-12-25(44-3)13-15-26/h4-19,21,38H,1-3H3,(H3,33,34,35,36). The second-order valence-corrected chi connectivity index (χ2v) is 12.0. The van der Waals surface area contributed by atoms with Crippen molar-refractivity contribution in [1.82, 2.24) is 24.1 Å². The van der Waals surface area contributed by atoms with E-state index in [-0.39, 0.29) is 16.3 Å². The van der Waals surface area contributed by atoms with Gasteiger partial charge in [0.1, 0.15) is 29.2 Å². The van der Waals surface area contributed by atoms with Crippen molar-refractivity contribution < 1.29 is 13.2 Å². The van der Waals surface area contributed by atoms with Crippen LogP contribution in [0.25, 0.3) is 22.3 Å². The van der Waals surface area contributed by atoms with Crippen LogP contribution in [0.15, 0.2) is 107 Å². The highest BCUT2D eigenvalue weighted by Gasteiger charge is 2.22. The van der Waals surface area contributed by atoms with Crippen molar-refractivity contribution in [1.29, 1.82) is 0 Å². The predicted octanol–water partition coefficient (Wildman–Crippen LogP) is 4.82. The number of sulfonamides is 1. The van der Waals surface area contributed by atoms with Crippen LogP contribution in [0.2, 0.25) is 0 Å². The van der Waals surface area contributed by atoms with E-state index in [4.69, 9.17) is 15.6 Å². The van der Waals surface area contributed by atoms with Gasteiger partial charge in [-0.05, 0) is 79.6 Å². The molecule has 12 nitrogen and oxygen atoms in total. The fourth-order valence-corrected chi connectivity index (χ4v) is 6.16. The number of nitrogens with zero attached hydrogens (tertiary/aromatic N) is 5. The number of nitrogen functional groups attached to an aromatic ring is 1. The molecule has 1 atom stereocenters. The lowest BCUT2D eigenvalue weighted by molar-refractivity contribution is 0.414. The zero-order chi connectivity index (χ0) is 31.7. The Morgan fingerprint density at radius 1 is 0.956 bits per heavy atom. The van der Waals surface area contributed by atoms with Crippen LogP contribution in [0.5, 0.6) is 5.75 Å². The Balaban J connectivity index is 1.37. The maximum atomic E-state index is 13.8. The van der Waals surface area contributed by atoms with Gasteiger partial charge in [0.2, 0.25) is 0 Å². The van der Waals surface area contributed by atoms with Gasteiger partial charge in [-0.1, -0.05) is 30.3 Å². The summed E-state index contributed by atoms with van der Waals surface area (Å²) in [5.74, 6) is 1.55. The van der Waals surface area contributed by atoms with E-state index in [2.05, 4.69) is 20.0 Å². The van der Waals surface area contributed by atoms with Crippen molar-refractivity contribution in [2.45, 2.75) is 24.8 Å². The summed E-state index contributed by atoms with van der Waals surface area (Å²) in [5.41, 5.74) is 9.48. The topological polar surface area (TPSA) is 159 Å². The summed E-state index contributed by atoms with van der Waals surface area (Å²) in [5, 5.41) is 8.17. The molecular weight excluding hydrogens is 592 g/mol. The second kappa shape index (κ2) is 11.8.